The van der Waals surface area contributed by atoms with Crippen LogP contribution in [0, 0.1) is 0 Å². The molecule has 5 aromatic rings. The van der Waals surface area contributed by atoms with Crippen molar-refractivity contribution in [3.8, 4) is 0 Å². The van der Waals surface area contributed by atoms with Crippen molar-refractivity contribution in [2.24, 2.45) is 0 Å². The summed E-state index contributed by atoms with van der Waals surface area (Å²) >= 11 is 12.4. The largest absolute Gasteiger partial charge is 0.465 e. The number of carbonyl (C=O) groups excluding carboxylic acids is 1. The number of aromatic nitrogens is 2. The molecule has 2 N–H and O–H groups in total. The van der Waals surface area contributed by atoms with Crippen LogP contribution in [0.5, 0.6) is 0 Å². The number of ether oxygens (including phenoxy) is 1. The molecule has 0 saturated carbocycles. The van der Waals surface area contributed by atoms with Gasteiger partial charge in [0.15, 0.2) is 0 Å². The number of nitrogens with one attached hydrogen (secondary N) is 2. The number of H-pyrrole nitrogens is 2. The van der Waals surface area contributed by atoms with E-state index in [-0.39, 0.29) is 11.9 Å². The van der Waals surface area contributed by atoms with E-state index in [9.17, 15) is 4.79 Å². The Balaban J connectivity index is 1.73. The maximum Gasteiger partial charge on any atom is 0.337 e. The maximum absolute atomic E-state index is 11.9. The average Bonchev–Trinajstić information content (AvgIpc) is 3.38. The van der Waals surface area contributed by atoms with Crippen molar-refractivity contribution in [1.82, 2.24) is 9.97 Å². The van der Waals surface area contributed by atoms with E-state index in [4.69, 9.17) is 27.9 Å². The first-order valence-corrected chi connectivity index (χ1v) is 10.5. The second-order valence-corrected chi connectivity index (χ2v) is 8.29. The molecule has 5 rings (SSSR count). The molecule has 0 saturated heterocycles. The Bertz CT molecular complexity index is 1340. The number of aromatic amines is 2. The van der Waals surface area contributed by atoms with Crippen molar-refractivity contribution >= 4 is 51.0 Å². The molecule has 0 bridgehead atoms. The van der Waals surface area contributed by atoms with E-state index in [1.807, 2.05) is 60.9 Å². The summed E-state index contributed by atoms with van der Waals surface area (Å²) in [6.45, 7) is 0. The predicted molar refractivity (Wildman–Crippen MR) is 125 cm³/mol. The number of methoxy groups -OCH3 is 1. The Hall–Kier alpha value is -3.21. The zero-order chi connectivity index (χ0) is 21.5. The summed E-state index contributed by atoms with van der Waals surface area (Å²) in [6.07, 6.45) is 4.04. The van der Waals surface area contributed by atoms with E-state index in [2.05, 4.69) is 9.97 Å². The summed E-state index contributed by atoms with van der Waals surface area (Å²) in [5, 5.41) is 3.55. The standard InChI is InChI=1S/C25H18Cl2N2O2/c1-31-25(30)15-4-2-14(3-5-15)24(20-12-28-22-10-16(26)6-8-18(20)22)21-13-29-23-11-17(27)7-9-19(21)23/h2-13,24,28-29H,1H3. The van der Waals surface area contributed by atoms with Crippen molar-refractivity contribution in [3.63, 3.8) is 0 Å². The first kappa shape index (κ1) is 19.7. The Kier molecular flexibility index (Phi) is 4.97. The highest BCUT2D eigenvalue weighted by atomic mass is 35.5. The van der Waals surface area contributed by atoms with E-state index < -0.39 is 0 Å². The van der Waals surface area contributed by atoms with Crippen molar-refractivity contribution in [1.29, 1.82) is 0 Å². The molecule has 0 aliphatic carbocycles. The molecular formula is C25H18Cl2N2O2. The van der Waals surface area contributed by atoms with Crippen LogP contribution in [0.15, 0.2) is 73.1 Å². The maximum atomic E-state index is 11.9. The van der Waals surface area contributed by atoms with Gasteiger partial charge in [-0.2, -0.15) is 0 Å². The number of benzene rings is 3. The minimum atomic E-state index is -0.355. The quantitative estimate of drug-likeness (QED) is 0.293. The van der Waals surface area contributed by atoms with Crippen molar-refractivity contribution in [2.75, 3.05) is 7.11 Å². The summed E-state index contributed by atoms with van der Waals surface area (Å²) in [5.41, 5.74) is 5.76. The zero-order valence-electron chi connectivity index (χ0n) is 16.6. The molecule has 0 spiro atoms. The Morgan fingerprint density at radius 2 is 1.32 bits per heavy atom. The molecule has 0 amide bonds. The minimum Gasteiger partial charge on any atom is -0.465 e. The van der Waals surface area contributed by atoms with Gasteiger partial charge in [0.25, 0.3) is 0 Å². The molecule has 6 heteroatoms. The van der Waals surface area contributed by atoms with Crippen molar-refractivity contribution in [3.05, 3.63) is 105 Å². The third kappa shape index (κ3) is 3.48. The highest BCUT2D eigenvalue weighted by Crippen LogP contribution is 2.40. The number of fused-ring (bicyclic) bond motifs is 2. The molecule has 0 aliphatic heterocycles. The highest BCUT2D eigenvalue weighted by molar-refractivity contribution is 6.31. The lowest BCUT2D eigenvalue weighted by Crippen LogP contribution is -2.05. The highest BCUT2D eigenvalue weighted by Gasteiger charge is 2.23. The van der Waals surface area contributed by atoms with Crippen LogP contribution in [0.2, 0.25) is 10.0 Å². The van der Waals surface area contributed by atoms with Crippen LogP contribution < -0.4 is 0 Å². The fourth-order valence-electron chi connectivity index (χ4n) is 4.18. The lowest BCUT2D eigenvalue weighted by Gasteiger charge is -2.18. The van der Waals surface area contributed by atoms with Gasteiger partial charge in [-0.3, -0.25) is 0 Å². The fourth-order valence-corrected chi connectivity index (χ4v) is 4.52. The summed E-state index contributed by atoms with van der Waals surface area (Å²) in [4.78, 5) is 18.6. The van der Waals surface area contributed by atoms with Gasteiger partial charge in [-0.1, -0.05) is 47.5 Å². The van der Waals surface area contributed by atoms with Gasteiger partial charge in [0.1, 0.15) is 0 Å². The molecule has 0 aliphatic rings. The van der Waals surface area contributed by atoms with Gasteiger partial charge < -0.3 is 14.7 Å². The number of hydrogen-bond donors (Lipinski definition) is 2. The average molecular weight is 449 g/mol. The fraction of sp³-hybridized carbons (Fsp3) is 0.0800. The van der Waals surface area contributed by atoms with Crippen LogP contribution in [0.25, 0.3) is 21.8 Å². The third-order valence-electron chi connectivity index (χ3n) is 5.64. The summed E-state index contributed by atoms with van der Waals surface area (Å²) in [6, 6.07) is 19.2. The number of rotatable bonds is 4. The molecule has 154 valence electrons. The molecule has 4 nitrogen and oxygen atoms in total. The van der Waals surface area contributed by atoms with E-state index in [0.717, 1.165) is 38.5 Å². The Morgan fingerprint density at radius 1 is 0.806 bits per heavy atom. The van der Waals surface area contributed by atoms with Crippen LogP contribution in [-0.4, -0.2) is 23.0 Å². The summed E-state index contributed by atoms with van der Waals surface area (Å²) in [7, 11) is 1.38. The first-order chi connectivity index (χ1) is 15.0. The van der Waals surface area contributed by atoms with E-state index in [0.29, 0.717) is 15.6 Å². The SMILES string of the molecule is COC(=O)c1ccc(C(c2c[nH]c3cc(Cl)ccc23)c2c[nH]c3cc(Cl)ccc23)cc1. The molecule has 2 heterocycles. The van der Waals surface area contributed by atoms with E-state index in [1.165, 1.54) is 7.11 Å². The van der Waals surface area contributed by atoms with Gasteiger partial charge in [0.2, 0.25) is 0 Å². The number of carbonyl (C=O) groups is 1. The van der Waals surface area contributed by atoms with Gasteiger partial charge in [0, 0.05) is 50.2 Å². The van der Waals surface area contributed by atoms with Crippen LogP contribution >= 0.6 is 23.2 Å². The number of halogens is 2. The molecule has 2 aromatic heterocycles. The normalized spacial score (nSPS) is 11.5. The van der Waals surface area contributed by atoms with Crippen LogP contribution in [0.1, 0.15) is 33.0 Å². The number of esters is 1. The van der Waals surface area contributed by atoms with Gasteiger partial charge in [-0.05, 0) is 53.1 Å². The molecule has 0 unspecified atom stereocenters. The van der Waals surface area contributed by atoms with Gasteiger partial charge >= 0.3 is 5.97 Å². The zero-order valence-corrected chi connectivity index (χ0v) is 18.1. The molecule has 0 fully saturated rings. The van der Waals surface area contributed by atoms with Crippen LogP contribution in [0.3, 0.4) is 0 Å². The molecule has 0 radical (unpaired) electrons. The van der Waals surface area contributed by atoms with Crippen LogP contribution in [0.4, 0.5) is 0 Å². The predicted octanol–water partition coefficient (Wildman–Crippen LogP) is 6.92. The third-order valence-corrected chi connectivity index (χ3v) is 6.11. The lowest BCUT2D eigenvalue weighted by molar-refractivity contribution is 0.0600. The number of hydrogen-bond acceptors (Lipinski definition) is 2. The van der Waals surface area contributed by atoms with Gasteiger partial charge in [-0.25, -0.2) is 4.79 Å². The first-order valence-electron chi connectivity index (χ1n) is 9.76. The second-order valence-electron chi connectivity index (χ2n) is 7.41. The molecule has 0 atom stereocenters. The topological polar surface area (TPSA) is 57.9 Å². The molecule has 31 heavy (non-hydrogen) atoms. The van der Waals surface area contributed by atoms with Crippen molar-refractivity contribution in [2.45, 2.75) is 5.92 Å². The summed E-state index contributed by atoms with van der Waals surface area (Å²) < 4.78 is 4.84. The lowest BCUT2D eigenvalue weighted by atomic mass is 9.84. The van der Waals surface area contributed by atoms with Gasteiger partial charge in [-0.15, -0.1) is 0 Å². The second kappa shape index (κ2) is 7.80. The monoisotopic (exact) mass is 448 g/mol. The minimum absolute atomic E-state index is 0.0726. The summed E-state index contributed by atoms with van der Waals surface area (Å²) in [5.74, 6) is -0.428. The van der Waals surface area contributed by atoms with Crippen molar-refractivity contribution < 1.29 is 9.53 Å². The smallest absolute Gasteiger partial charge is 0.337 e. The Morgan fingerprint density at radius 3 is 1.81 bits per heavy atom. The van der Waals surface area contributed by atoms with Gasteiger partial charge in [0.05, 0.1) is 12.7 Å². The van der Waals surface area contributed by atoms with E-state index >= 15 is 0 Å². The van der Waals surface area contributed by atoms with Crippen LogP contribution in [-0.2, 0) is 4.74 Å². The van der Waals surface area contributed by atoms with E-state index in [1.54, 1.807) is 12.1 Å². The molecular weight excluding hydrogens is 431 g/mol. The molecule has 3 aromatic carbocycles. The Labute approximate surface area is 188 Å².